The summed E-state index contributed by atoms with van der Waals surface area (Å²) < 4.78 is 5.14. The number of anilines is 2. The van der Waals surface area contributed by atoms with Crippen molar-refractivity contribution < 1.29 is 14.3 Å². The second kappa shape index (κ2) is 6.55. The molecule has 1 fully saturated rings. The van der Waals surface area contributed by atoms with Gasteiger partial charge in [-0.1, -0.05) is 6.07 Å². The molecule has 2 aromatic carbocycles. The van der Waals surface area contributed by atoms with E-state index in [-0.39, 0.29) is 24.2 Å². The quantitative estimate of drug-likeness (QED) is 0.760. The highest BCUT2D eigenvalue weighted by Crippen LogP contribution is 2.28. The smallest absolute Gasteiger partial charge is 0.229 e. The van der Waals surface area contributed by atoms with Crippen molar-refractivity contribution >= 4 is 34.1 Å². The van der Waals surface area contributed by atoms with E-state index >= 15 is 0 Å². The lowest BCUT2D eigenvalue weighted by Crippen LogP contribution is -2.28. The molecule has 2 amide bonds. The highest BCUT2D eigenvalue weighted by atomic mass is 16.5. The minimum atomic E-state index is -0.376. The van der Waals surface area contributed by atoms with Gasteiger partial charge in [0.1, 0.15) is 5.75 Å². The molecule has 2 N–H and O–H groups in total. The van der Waals surface area contributed by atoms with Crippen molar-refractivity contribution in [3.8, 4) is 5.75 Å². The van der Waals surface area contributed by atoms with Crippen LogP contribution in [-0.2, 0) is 9.59 Å². The molecule has 0 unspecified atom stereocenters. The first-order chi connectivity index (χ1) is 12.7. The van der Waals surface area contributed by atoms with Crippen LogP contribution in [0.15, 0.2) is 54.7 Å². The van der Waals surface area contributed by atoms with Crippen LogP contribution >= 0.6 is 0 Å². The van der Waals surface area contributed by atoms with Crippen molar-refractivity contribution in [3.63, 3.8) is 0 Å². The van der Waals surface area contributed by atoms with Crippen molar-refractivity contribution in [2.24, 2.45) is 5.92 Å². The third kappa shape index (κ3) is 2.90. The van der Waals surface area contributed by atoms with E-state index in [0.717, 1.165) is 28.0 Å². The number of ether oxygens (including phenoxy) is 1. The molecule has 1 saturated heterocycles. The van der Waals surface area contributed by atoms with E-state index in [1.54, 1.807) is 12.0 Å². The lowest BCUT2D eigenvalue weighted by molar-refractivity contribution is -0.122. The molecule has 132 valence electrons. The fourth-order valence-electron chi connectivity index (χ4n) is 3.32. The molecule has 1 aliphatic rings. The zero-order valence-electron chi connectivity index (χ0n) is 14.4. The van der Waals surface area contributed by atoms with Crippen LogP contribution < -0.4 is 15.0 Å². The van der Waals surface area contributed by atoms with Gasteiger partial charge >= 0.3 is 0 Å². The van der Waals surface area contributed by atoms with Crippen LogP contribution in [0.2, 0.25) is 0 Å². The Labute approximate surface area is 150 Å². The number of amides is 2. The largest absolute Gasteiger partial charge is 0.497 e. The first-order valence-corrected chi connectivity index (χ1v) is 8.47. The Balaban J connectivity index is 1.49. The summed E-state index contributed by atoms with van der Waals surface area (Å²) in [5, 5.41) is 3.92. The van der Waals surface area contributed by atoms with E-state index in [1.165, 1.54) is 0 Å². The number of nitrogens with one attached hydrogen (secondary N) is 2. The molecular weight excluding hydrogens is 330 g/mol. The van der Waals surface area contributed by atoms with Crippen molar-refractivity contribution in [1.82, 2.24) is 4.98 Å². The fourth-order valence-corrected chi connectivity index (χ4v) is 3.32. The minimum absolute atomic E-state index is 0.0461. The number of H-pyrrole nitrogens is 1. The molecule has 0 bridgehead atoms. The Kier molecular flexibility index (Phi) is 4.08. The molecule has 1 aromatic heterocycles. The Morgan fingerprint density at radius 2 is 2.00 bits per heavy atom. The number of aromatic amines is 1. The molecule has 1 atom stereocenters. The van der Waals surface area contributed by atoms with Gasteiger partial charge in [0.2, 0.25) is 11.8 Å². The number of rotatable bonds is 4. The number of hydrogen-bond acceptors (Lipinski definition) is 3. The zero-order valence-corrected chi connectivity index (χ0v) is 14.4. The summed E-state index contributed by atoms with van der Waals surface area (Å²) in [6.07, 6.45) is 2.05. The highest BCUT2D eigenvalue weighted by Gasteiger charge is 2.35. The lowest BCUT2D eigenvalue weighted by Gasteiger charge is -2.17. The maximum absolute atomic E-state index is 12.7. The number of hydrogen-bond donors (Lipinski definition) is 2. The predicted octanol–water partition coefficient (Wildman–Crippen LogP) is 3.17. The summed E-state index contributed by atoms with van der Waals surface area (Å²) in [6.45, 7) is 0.375. The monoisotopic (exact) mass is 349 g/mol. The Morgan fingerprint density at radius 1 is 1.19 bits per heavy atom. The highest BCUT2D eigenvalue weighted by molar-refractivity contribution is 6.06. The first kappa shape index (κ1) is 16.2. The number of benzene rings is 2. The standard InChI is InChI=1S/C20H19N3O3/c1-26-15-7-5-14(6-8-15)23-12-13(11-19(23)24)20(25)22-18-4-2-3-17-16(18)9-10-21-17/h2-10,13,21H,11-12H2,1H3,(H,22,25)/t13-/m1/s1. The van der Waals surface area contributed by atoms with Gasteiger partial charge in [0, 0.05) is 35.8 Å². The van der Waals surface area contributed by atoms with Gasteiger partial charge in [0.25, 0.3) is 0 Å². The number of carbonyl (C=O) groups is 2. The van der Waals surface area contributed by atoms with Crippen molar-refractivity contribution in [2.45, 2.75) is 6.42 Å². The summed E-state index contributed by atoms with van der Waals surface area (Å²) >= 11 is 0. The van der Waals surface area contributed by atoms with E-state index in [1.807, 2.05) is 54.7 Å². The van der Waals surface area contributed by atoms with Gasteiger partial charge in [-0.25, -0.2) is 0 Å². The Bertz CT molecular complexity index is 962. The number of nitrogens with zero attached hydrogens (tertiary/aromatic N) is 1. The third-order valence-electron chi connectivity index (χ3n) is 4.73. The fraction of sp³-hybridized carbons (Fsp3) is 0.200. The van der Waals surface area contributed by atoms with E-state index in [4.69, 9.17) is 4.74 Å². The average Bonchev–Trinajstić information content (AvgIpc) is 3.29. The van der Waals surface area contributed by atoms with E-state index in [2.05, 4.69) is 10.3 Å². The molecule has 0 radical (unpaired) electrons. The molecule has 2 heterocycles. The third-order valence-corrected chi connectivity index (χ3v) is 4.73. The SMILES string of the molecule is COc1ccc(N2C[C@H](C(=O)Nc3cccc4[nH]ccc34)CC2=O)cc1. The van der Waals surface area contributed by atoms with Crippen LogP contribution in [0.25, 0.3) is 10.9 Å². The molecule has 0 aliphatic carbocycles. The van der Waals surface area contributed by atoms with Crippen LogP contribution in [0, 0.1) is 5.92 Å². The van der Waals surface area contributed by atoms with Gasteiger partial charge in [-0.3, -0.25) is 9.59 Å². The summed E-state index contributed by atoms with van der Waals surface area (Å²) in [5.74, 6) is 0.173. The summed E-state index contributed by atoms with van der Waals surface area (Å²) in [7, 11) is 1.60. The Morgan fingerprint density at radius 3 is 2.77 bits per heavy atom. The van der Waals surface area contributed by atoms with Gasteiger partial charge in [0.15, 0.2) is 0 Å². The maximum atomic E-state index is 12.7. The molecule has 0 spiro atoms. The van der Waals surface area contributed by atoms with Gasteiger partial charge < -0.3 is 19.9 Å². The molecule has 26 heavy (non-hydrogen) atoms. The number of carbonyl (C=O) groups excluding carboxylic acids is 2. The van der Waals surface area contributed by atoms with Gasteiger partial charge in [0.05, 0.1) is 18.7 Å². The topological polar surface area (TPSA) is 74.4 Å². The van der Waals surface area contributed by atoms with Gasteiger partial charge in [-0.2, -0.15) is 0 Å². The normalized spacial score (nSPS) is 16.9. The summed E-state index contributed by atoms with van der Waals surface area (Å²) in [6, 6.07) is 14.9. The van der Waals surface area contributed by atoms with E-state index in [0.29, 0.717) is 6.54 Å². The van der Waals surface area contributed by atoms with Crippen molar-refractivity contribution in [2.75, 3.05) is 23.9 Å². The maximum Gasteiger partial charge on any atom is 0.229 e. The first-order valence-electron chi connectivity index (χ1n) is 8.47. The lowest BCUT2D eigenvalue weighted by atomic mass is 10.1. The van der Waals surface area contributed by atoms with Crippen LogP contribution in [-0.4, -0.2) is 30.5 Å². The van der Waals surface area contributed by atoms with Crippen molar-refractivity contribution in [3.05, 3.63) is 54.7 Å². The predicted molar refractivity (Wildman–Crippen MR) is 100 cm³/mol. The molecule has 1 aliphatic heterocycles. The molecular formula is C20H19N3O3. The van der Waals surface area contributed by atoms with Crippen LogP contribution in [0.5, 0.6) is 5.75 Å². The zero-order chi connectivity index (χ0) is 18.1. The molecule has 6 nitrogen and oxygen atoms in total. The van der Waals surface area contributed by atoms with Crippen LogP contribution in [0.3, 0.4) is 0 Å². The number of fused-ring (bicyclic) bond motifs is 1. The molecule has 4 rings (SSSR count). The van der Waals surface area contributed by atoms with E-state index in [9.17, 15) is 9.59 Å². The molecule has 6 heteroatoms. The Hall–Kier alpha value is -3.28. The number of aromatic nitrogens is 1. The summed E-state index contributed by atoms with van der Waals surface area (Å²) in [5.41, 5.74) is 2.49. The second-order valence-electron chi connectivity index (χ2n) is 6.34. The van der Waals surface area contributed by atoms with Gasteiger partial charge in [-0.15, -0.1) is 0 Å². The molecule has 3 aromatic rings. The average molecular weight is 349 g/mol. The minimum Gasteiger partial charge on any atom is -0.497 e. The second-order valence-corrected chi connectivity index (χ2v) is 6.34. The molecule has 0 saturated carbocycles. The van der Waals surface area contributed by atoms with E-state index < -0.39 is 0 Å². The van der Waals surface area contributed by atoms with Crippen molar-refractivity contribution in [1.29, 1.82) is 0 Å². The van der Waals surface area contributed by atoms with Crippen LogP contribution in [0.4, 0.5) is 11.4 Å². The number of methoxy groups -OCH3 is 1. The van der Waals surface area contributed by atoms with Gasteiger partial charge in [-0.05, 0) is 42.5 Å². The van der Waals surface area contributed by atoms with Crippen LogP contribution in [0.1, 0.15) is 6.42 Å². The summed E-state index contributed by atoms with van der Waals surface area (Å²) in [4.78, 5) is 29.8.